The quantitative estimate of drug-likeness (QED) is 0.688. The average molecular weight is 251 g/mol. The van der Waals surface area contributed by atoms with E-state index in [1.165, 1.54) is 70.8 Å². The molecule has 3 atom stereocenters. The van der Waals surface area contributed by atoms with Crippen LogP contribution in [0.3, 0.4) is 0 Å². The molecule has 0 heterocycles. The second kappa shape index (κ2) is 7.53. The maximum Gasteiger partial charge on any atom is 0.00955 e. The highest BCUT2D eigenvalue weighted by molar-refractivity contribution is 4.84. The molecule has 0 aliphatic heterocycles. The van der Waals surface area contributed by atoms with Crippen LogP contribution in [0.25, 0.3) is 0 Å². The molecule has 0 spiro atoms. The molecule has 2 fully saturated rings. The van der Waals surface area contributed by atoms with Gasteiger partial charge in [0.25, 0.3) is 0 Å². The third-order valence-electron chi connectivity index (χ3n) is 5.32. The van der Waals surface area contributed by atoms with Crippen LogP contribution in [0, 0.1) is 17.8 Å². The molecule has 0 bridgehead atoms. The summed E-state index contributed by atoms with van der Waals surface area (Å²) in [5.41, 5.74) is 0. The van der Waals surface area contributed by atoms with Gasteiger partial charge in [-0.1, -0.05) is 46.0 Å². The molecule has 1 nitrogen and oxygen atoms in total. The van der Waals surface area contributed by atoms with Crippen molar-refractivity contribution in [2.24, 2.45) is 17.8 Å². The van der Waals surface area contributed by atoms with Gasteiger partial charge in [0.15, 0.2) is 0 Å². The van der Waals surface area contributed by atoms with Crippen molar-refractivity contribution in [1.82, 2.24) is 5.32 Å². The van der Waals surface area contributed by atoms with Crippen molar-refractivity contribution in [2.75, 3.05) is 6.54 Å². The van der Waals surface area contributed by atoms with E-state index in [1.54, 1.807) is 0 Å². The summed E-state index contributed by atoms with van der Waals surface area (Å²) in [6, 6.07) is 0.829. The van der Waals surface area contributed by atoms with E-state index in [1.807, 2.05) is 0 Å². The van der Waals surface area contributed by atoms with Gasteiger partial charge in [0.1, 0.15) is 0 Å². The van der Waals surface area contributed by atoms with E-state index in [9.17, 15) is 0 Å². The average Bonchev–Trinajstić information content (AvgIpc) is 3.01. The van der Waals surface area contributed by atoms with Gasteiger partial charge >= 0.3 is 0 Å². The Hall–Kier alpha value is -0.0400. The molecule has 0 saturated heterocycles. The largest absolute Gasteiger partial charge is 0.314 e. The fraction of sp³-hybridized carbons (Fsp3) is 1.00. The van der Waals surface area contributed by atoms with Gasteiger partial charge in [0.05, 0.1) is 0 Å². The molecule has 3 unspecified atom stereocenters. The van der Waals surface area contributed by atoms with Crippen molar-refractivity contribution in [2.45, 2.75) is 84.1 Å². The monoisotopic (exact) mass is 251 g/mol. The van der Waals surface area contributed by atoms with Crippen LogP contribution >= 0.6 is 0 Å². The van der Waals surface area contributed by atoms with Gasteiger partial charge in [0.2, 0.25) is 0 Å². The van der Waals surface area contributed by atoms with Crippen LogP contribution in [-0.4, -0.2) is 12.6 Å². The van der Waals surface area contributed by atoms with Crippen molar-refractivity contribution < 1.29 is 0 Å². The Balaban J connectivity index is 1.76. The molecular weight excluding hydrogens is 218 g/mol. The normalized spacial score (nSPS) is 31.0. The first-order valence-corrected chi connectivity index (χ1v) is 8.53. The summed E-state index contributed by atoms with van der Waals surface area (Å²) in [6.45, 7) is 5.95. The molecule has 0 aromatic heterocycles. The zero-order valence-electron chi connectivity index (χ0n) is 12.6. The Kier molecular flexibility index (Phi) is 6.01. The predicted molar refractivity (Wildman–Crippen MR) is 79.8 cm³/mol. The Morgan fingerprint density at radius 2 is 1.89 bits per heavy atom. The molecular formula is C17H33N. The molecule has 1 heteroatoms. The van der Waals surface area contributed by atoms with Gasteiger partial charge in [-0.15, -0.1) is 0 Å². The van der Waals surface area contributed by atoms with E-state index in [4.69, 9.17) is 0 Å². The fourth-order valence-corrected chi connectivity index (χ4v) is 4.17. The van der Waals surface area contributed by atoms with Crippen LogP contribution in [-0.2, 0) is 0 Å². The third kappa shape index (κ3) is 4.26. The van der Waals surface area contributed by atoms with Crippen LogP contribution in [0.15, 0.2) is 0 Å². The van der Waals surface area contributed by atoms with Crippen molar-refractivity contribution in [3.05, 3.63) is 0 Å². The minimum Gasteiger partial charge on any atom is -0.314 e. The molecule has 0 radical (unpaired) electrons. The lowest BCUT2D eigenvalue weighted by Gasteiger charge is -2.26. The summed E-state index contributed by atoms with van der Waals surface area (Å²) in [7, 11) is 0. The van der Waals surface area contributed by atoms with E-state index < -0.39 is 0 Å². The molecule has 2 rings (SSSR count). The molecule has 0 aromatic carbocycles. The molecule has 0 amide bonds. The smallest absolute Gasteiger partial charge is 0.00955 e. The van der Waals surface area contributed by atoms with Gasteiger partial charge < -0.3 is 5.32 Å². The zero-order chi connectivity index (χ0) is 12.8. The lowest BCUT2D eigenvalue weighted by molar-refractivity contribution is 0.307. The Bertz CT molecular complexity index is 220. The zero-order valence-corrected chi connectivity index (χ0v) is 12.6. The molecule has 0 aromatic rings. The Morgan fingerprint density at radius 3 is 2.50 bits per heavy atom. The number of rotatable bonds is 7. The van der Waals surface area contributed by atoms with Gasteiger partial charge in [-0.3, -0.25) is 0 Å². The lowest BCUT2D eigenvalue weighted by Crippen LogP contribution is -2.36. The minimum absolute atomic E-state index is 0.829. The summed E-state index contributed by atoms with van der Waals surface area (Å²) < 4.78 is 0. The highest BCUT2D eigenvalue weighted by atomic mass is 14.9. The molecule has 1 N–H and O–H groups in total. The second-order valence-electron chi connectivity index (χ2n) is 6.97. The van der Waals surface area contributed by atoms with Gasteiger partial charge in [-0.2, -0.15) is 0 Å². The molecule has 18 heavy (non-hydrogen) atoms. The van der Waals surface area contributed by atoms with Crippen molar-refractivity contribution >= 4 is 0 Å². The highest BCUT2D eigenvalue weighted by Gasteiger charge is 2.29. The van der Waals surface area contributed by atoms with E-state index in [0.717, 1.165) is 23.8 Å². The summed E-state index contributed by atoms with van der Waals surface area (Å²) in [6.07, 6.45) is 14.7. The minimum atomic E-state index is 0.829. The maximum absolute atomic E-state index is 3.86. The van der Waals surface area contributed by atoms with Crippen LogP contribution in [0.2, 0.25) is 0 Å². The van der Waals surface area contributed by atoms with Gasteiger partial charge in [-0.25, -0.2) is 0 Å². The van der Waals surface area contributed by atoms with Crippen LogP contribution in [0.1, 0.15) is 78.1 Å². The van der Waals surface area contributed by atoms with Crippen molar-refractivity contribution in [3.8, 4) is 0 Å². The second-order valence-corrected chi connectivity index (χ2v) is 6.97. The Morgan fingerprint density at radius 1 is 1.11 bits per heavy atom. The van der Waals surface area contributed by atoms with Crippen molar-refractivity contribution in [3.63, 3.8) is 0 Å². The summed E-state index contributed by atoms with van der Waals surface area (Å²) in [5, 5.41) is 3.86. The predicted octanol–water partition coefficient (Wildman–Crippen LogP) is 4.76. The van der Waals surface area contributed by atoms with E-state index in [-0.39, 0.29) is 0 Å². The van der Waals surface area contributed by atoms with Crippen molar-refractivity contribution in [1.29, 1.82) is 0 Å². The molecule has 2 saturated carbocycles. The van der Waals surface area contributed by atoms with Gasteiger partial charge in [-0.05, 0) is 56.4 Å². The van der Waals surface area contributed by atoms with E-state index in [2.05, 4.69) is 19.2 Å². The van der Waals surface area contributed by atoms with E-state index in [0.29, 0.717) is 0 Å². The van der Waals surface area contributed by atoms with E-state index >= 15 is 0 Å². The first-order valence-electron chi connectivity index (χ1n) is 8.53. The third-order valence-corrected chi connectivity index (χ3v) is 5.32. The van der Waals surface area contributed by atoms with Gasteiger partial charge in [0, 0.05) is 6.04 Å². The first-order chi connectivity index (χ1) is 8.79. The number of hydrogen-bond donors (Lipinski definition) is 1. The molecule has 2 aliphatic rings. The Labute approximate surface area is 114 Å². The SMILES string of the molecule is CCCNC(CCC1CCCC1)C1CCC(C)C1. The standard InChI is InChI=1S/C17H33N/c1-3-12-18-17(16-10-8-14(2)13-16)11-9-15-6-4-5-7-15/h14-18H,3-13H2,1-2H3. The topological polar surface area (TPSA) is 12.0 Å². The summed E-state index contributed by atoms with van der Waals surface area (Å²) in [5.74, 6) is 3.02. The number of nitrogens with one attached hydrogen (secondary N) is 1. The number of hydrogen-bond acceptors (Lipinski definition) is 1. The highest BCUT2D eigenvalue weighted by Crippen LogP contribution is 2.36. The van der Waals surface area contributed by atoms with Crippen LogP contribution in [0.5, 0.6) is 0 Å². The molecule has 2 aliphatic carbocycles. The van der Waals surface area contributed by atoms with Crippen LogP contribution < -0.4 is 5.32 Å². The fourth-order valence-electron chi connectivity index (χ4n) is 4.17. The maximum atomic E-state index is 3.86. The summed E-state index contributed by atoms with van der Waals surface area (Å²) in [4.78, 5) is 0. The first kappa shape index (κ1) is 14.4. The molecule has 106 valence electrons. The summed E-state index contributed by atoms with van der Waals surface area (Å²) >= 11 is 0. The lowest BCUT2D eigenvalue weighted by atomic mass is 9.89. The van der Waals surface area contributed by atoms with Crippen LogP contribution in [0.4, 0.5) is 0 Å².